The first-order valence-electron chi connectivity index (χ1n) is 6.77. The summed E-state index contributed by atoms with van der Waals surface area (Å²) in [6.07, 6.45) is 6.50. The highest BCUT2D eigenvalue weighted by Crippen LogP contribution is 2.29. The van der Waals surface area contributed by atoms with Crippen molar-refractivity contribution in [3.05, 3.63) is 34.9 Å². The summed E-state index contributed by atoms with van der Waals surface area (Å²) in [5.74, 6) is 0.808. The van der Waals surface area contributed by atoms with E-state index in [2.05, 4.69) is 24.4 Å². The molecule has 17 heavy (non-hydrogen) atoms. The molecule has 94 valence electrons. The molecule has 0 bridgehead atoms. The second-order valence-electron chi connectivity index (χ2n) is 5.08. The number of rotatable bonds is 5. The van der Waals surface area contributed by atoms with Gasteiger partial charge < -0.3 is 5.32 Å². The van der Waals surface area contributed by atoms with Gasteiger partial charge in [-0.3, -0.25) is 0 Å². The molecule has 2 unspecified atom stereocenters. The van der Waals surface area contributed by atoms with Crippen molar-refractivity contribution in [3.8, 4) is 0 Å². The Morgan fingerprint density at radius 3 is 2.71 bits per heavy atom. The Morgan fingerprint density at radius 1 is 1.24 bits per heavy atom. The molecule has 0 aliphatic heterocycles. The molecule has 0 amide bonds. The van der Waals surface area contributed by atoms with E-state index in [-0.39, 0.29) is 0 Å². The van der Waals surface area contributed by atoms with Crippen LogP contribution < -0.4 is 5.32 Å². The fraction of sp³-hybridized carbons (Fsp3) is 0.600. The highest BCUT2D eigenvalue weighted by Gasteiger charge is 2.26. The minimum Gasteiger partial charge on any atom is -0.314 e. The van der Waals surface area contributed by atoms with Gasteiger partial charge in [0.25, 0.3) is 0 Å². The standard InChI is InChI=1S/C15H22ClN/c1-2-10-17-15-5-3-4-13(15)11-12-6-8-14(16)9-7-12/h6-9,13,15,17H,2-5,10-11H2,1H3. The van der Waals surface area contributed by atoms with Crippen LogP contribution in [0.4, 0.5) is 0 Å². The smallest absolute Gasteiger partial charge is 0.0406 e. The van der Waals surface area contributed by atoms with E-state index in [4.69, 9.17) is 11.6 Å². The third-order valence-electron chi connectivity index (χ3n) is 3.73. The quantitative estimate of drug-likeness (QED) is 0.833. The maximum Gasteiger partial charge on any atom is 0.0406 e. The van der Waals surface area contributed by atoms with E-state index < -0.39 is 0 Å². The summed E-state index contributed by atoms with van der Waals surface area (Å²) in [6.45, 7) is 3.39. The molecule has 1 aliphatic carbocycles. The Hall–Kier alpha value is -0.530. The molecule has 1 fully saturated rings. The number of nitrogens with one attached hydrogen (secondary N) is 1. The lowest BCUT2D eigenvalue weighted by Crippen LogP contribution is -2.33. The molecule has 0 heterocycles. The number of hydrogen-bond acceptors (Lipinski definition) is 1. The highest BCUT2D eigenvalue weighted by atomic mass is 35.5. The van der Waals surface area contributed by atoms with Gasteiger partial charge in [-0.2, -0.15) is 0 Å². The van der Waals surface area contributed by atoms with Gasteiger partial charge in [-0.1, -0.05) is 37.1 Å². The molecule has 1 aromatic rings. The third-order valence-corrected chi connectivity index (χ3v) is 3.98. The van der Waals surface area contributed by atoms with Gasteiger partial charge in [0.15, 0.2) is 0 Å². The van der Waals surface area contributed by atoms with Crippen molar-refractivity contribution in [2.75, 3.05) is 6.54 Å². The van der Waals surface area contributed by atoms with E-state index in [0.29, 0.717) is 0 Å². The molecule has 1 aliphatic rings. The average molecular weight is 252 g/mol. The number of halogens is 1. The zero-order valence-corrected chi connectivity index (χ0v) is 11.3. The van der Waals surface area contributed by atoms with E-state index in [1.807, 2.05) is 12.1 Å². The Morgan fingerprint density at radius 2 is 2.00 bits per heavy atom. The van der Waals surface area contributed by atoms with Crippen molar-refractivity contribution in [2.24, 2.45) is 5.92 Å². The second kappa shape index (κ2) is 6.42. The van der Waals surface area contributed by atoms with Crippen LogP contribution in [0.3, 0.4) is 0 Å². The molecule has 1 nitrogen and oxygen atoms in total. The Balaban J connectivity index is 1.90. The van der Waals surface area contributed by atoms with Crippen LogP contribution in [0.5, 0.6) is 0 Å². The van der Waals surface area contributed by atoms with Crippen LogP contribution in [0.1, 0.15) is 38.2 Å². The van der Waals surface area contributed by atoms with Crippen LogP contribution >= 0.6 is 11.6 Å². The predicted octanol–water partition coefficient (Wildman–Crippen LogP) is 4.05. The van der Waals surface area contributed by atoms with Crippen molar-refractivity contribution in [1.29, 1.82) is 0 Å². The normalized spacial score (nSPS) is 24.1. The van der Waals surface area contributed by atoms with E-state index in [1.165, 1.54) is 37.7 Å². The zero-order chi connectivity index (χ0) is 12.1. The van der Waals surface area contributed by atoms with Gasteiger partial charge in [-0.05, 0) is 55.8 Å². The monoisotopic (exact) mass is 251 g/mol. The van der Waals surface area contributed by atoms with Crippen LogP contribution in [0.2, 0.25) is 5.02 Å². The van der Waals surface area contributed by atoms with Crippen LogP contribution in [0, 0.1) is 5.92 Å². The van der Waals surface area contributed by atoms with E-state index in [1.54, 1.807) is 0 Å². The van der Waals surface area contributed by atoms with Crippen LogP contribution in [-0.2, 0) is 6.42 Å². The van der Waals surface area contributed by atoms with E-state index in [0.717, 1.165) is 23.5 Å². The van der Waals surface area contributed by atoms with Gasteiger partial charge in [-0.25, -0.2) is 0 Å². The number of benzene rings is 1. The molecule has 2 atom stereocenters. The summed E-state index contributed by atoms with van der Waals surface area (Å²) in [7, 11) is 0. The first kappa shape index (κ1) is 12.9. The van der Waals surface area contributed by atoms with E-state index >= 15 is 0 Å². The molecule has 1 aromatic carbocycles. The molecule has 0 radical (unpaired) electrons. The molecular formula is C15H22ClN. The molecule has 0 aromatic heterocycles. The van der Waals surface area contributed by atoms with Crippen molar-refractivity contribution in [3.63, 3.8) is 0 Å². The fourth-order valence-electron chi connectivity index (χ4n) is 2.80. The van der Waals surface area contributed by atoms with Crippen LogP contribution in [0.15, 0.2) is 24.3 Å². The summed E-state index contributed by atoms with van der Waals surface area (Å²) >= 11 is 5.91. The Kier molecular flexibility index (Phi) is 4.87. The van der Waals surface area contributed by atoms with Gasteiger partial charge in [0, 0.05) is 11.1 Å². The summed E-state index contributed by atoms with van der Waals surface area (Å²) in [5.41, 5.74) is 1.42. The molecular weight excluding hydrogens is 230 g/mol. The van der Waals surface area contributed by atoms with Crippen molar-refractivity contribution in [2.45, 2.75) is 45.1 Å². The molecule has 1 N–H and O–H groups in total. The van der Waals surface area contributed by atoms with Crippen molar-refractivity contribution in [1.82, 2.24) is 5.32 Å². The largest absolute Gasteiger partial charge is 0.314 e. The van der Waals surface area contributed by atoms with E-state index in [9.17, 15) is 0 Å². The number of hydrogen-bond donors (Lipinski definition) is 1. The molecule has 2 heteroatoms. The molecule has 1 saturated carbocycles. The summed E-state index contributed by atoms with van der Waals surface area (Å²) in [6, 6.07) is 9.06. The zero-order valence-electron chi connectivity index (χ0n) is 10.6. The van der Waals surface area contributed by atoms with Gasteiger partial charge in [0.1, 0.15) is 0 Å². The van der Waals surface area contributed by atoms with Crippen LogP contribution in [-0.4, -0.2) is 12.6 Å². The van der Waals surface area contributed by atoms with Crippen molar-refractivity contribution >= 4 is 11.6 Å². The SMILES string of the molecule is CCCNC1CCCC1Cc1ccc(Cl)cc1. The first-order valence-corrected chi connectivity index (χ1v) is 7.15. The maximum absolute atomic E-state index is 5.91. The summed E-state index contributed by atoms with van der Waals surface area (Å²) in [5, 5.41) is 4.52. The lowest BCUT2D eigenvalue weighted by molar-refractivity contribution is 0.399. The molecule has 2 rings (SSSR count). The second-order valence-corrected chi connectivity index (χ2v) is 5.52. The predicted molar refractivity (Wildman–Crippen MR) is 74.6 cm³/mol. The van der Waals surface area contributed by atoms with Gasteiger partial charge in [-0.15, -0.1) is 0 Å². The molecule has 0 spiro atoms. The minimum absolute atomic E-state index is 0.727. The average Bonchev–Trinajstić information content (AvgIpc) is 2.77. The molecule has 0 saturated heterocycles. The van der Waals surface area contributed by atoms with Gasteiger partial charge in [0.2, 0.25) is 0 Å². The topological polar surface area (TPSA) is 12.0 Å². The van der Waals surface area contributed by atoms with Gasteiger partial charge >= 0.3 is 0 Å². The van der Waals surface area contributed by atoms with Gasteiger partial charge in [0.05, 0.1) is 0 Å². The van der Waals surface area contributed by atoms with Crippen molar-refractivity contribution < 1.29 is 0 Å². The Bertz CT molecular complexity index is 333. The third kappa shape index (κ3) is 3.72. The lowest BCUT2D eigenvalue weighted by atomic mass is 9.94. The highest BCUT2D eigenvalue weighted by molar-refractivity contribution is 6.30. The Labute approximate surface area is 110 Å². The summed E-state index contributed by atoms with van der Waals surface area (Å²) < 4.78 is 0. The minimum atomic E-state index is 0.727. The fourth-order valence-corrected chi connectivity index (χ4v) is 2.93. The van der Waals surface area contributed by atoms with Crippen LogP contribution in [0.25, 0.3) is 0 Å². The maximum atomic E-state index is 5.91. The first-order chi connectivity index (χ1) is 8.29. The lowest BCUT2D eigenvalue weighted by Gasteiger charge is -2.21. The summed E-state index contributed by atoms with van der Waals surface area (Å²) in [4.78, 5) is 0.